The Kier molecular flexibility index (Phi) is 3.78. The van der Waals surface area contributed by atoms with Gasteiger partial charge >= 0.3 is 0 Å². The lowest BCUT2D eigenvalue weighted by Gasteiger charge is -2.20. The monoisotopic (exact) mass is 419 g/mol. The fourth-order valence-corrected chi connectivity index (χ4v) is 5.37. The van der Waals surface area contributed by atoms with Crippen LogP contribution in [0.1, 0.15) is 41.7 Å². The number of benzene rings is 2. The molecule has 32 heavy (non-hydrogen) atoms. The minimum Gasteiger partial charge on any atom is -0.437 e. The fourth-order valence-electron chi connectivity index (χ4n) is 5.37. The van der Waals surface area contributed by atoms with Crippen LogP contribution in [0.4, 0.5) is 0 Å². The number of pyridine rings is 2. The maximum Gasteiger partial charge on any atom is 0.227 e. The second kappa shape index (κ2) is 6.29. The van der Waals surface area contributed by atoms with E-state index in [1.807, 2.05) is 0 Å². The number of hydrogen-bond acceptors (Lipinski definition) is 2. The summed E-state index contributed by atoms with van der Waals surface area (Å²) in [4.78, 5) is 5.08. The Bertz CT molecular complexity index is 1590. The van der Waals surface area contributed by atoms with Crippen LogP contribution in [0.25, 0.3) is 44.6 Å². The average Bonchev–Trinajstić information content (AvgIpc) is 3.23. The molecule has 0 bridgehead atoms. The number of aromatic nitrogens is 2. The van der Waals surface area contributed by atoms with Crippen molar-refractivity contribution in [2.75, 3.05) is 0 Å². The van der Waals surface area contributed by atoms with Gasteiger partial charge < -0.3 is 4.42 Å². The van der Waals surface area contributed by atoms with Crippen LogP contribution in [0.2, 0.25) is 0 Å². The molecule has 0 aliphatic heterocycles. The largest absolute Gasteiger partial charge is 0.437 e. The van der Waals surface area contributed by atoms with Crippen LogP contribution in [0, 0.1) is 20.8 Å². The first-order chi connectivity index (χ1) is 15.3. The van der Waals surface area contributed by atoms with Gasteiger partial charge in [-0.15, -0.1) is 0 Å². The molecule has 0 amide bonds. The van der Waals surface area contributed by atoms with E-state index in [2.05, 4.69) is 101 Å². The molecule has 0 radical (unpaired) electrons. The summed E-state index contributed by atoms with van der Waals surface area (Å²) in [5.74, 6) is 0. The van der Waals surface area contributed by atoms with Gasteiger partial charge in [-0.05, 0) is 49.1 Å². The summed E-state index contributed by atoms with van der Waals surface area (Å²) in [5.41, 5.74) is 12.5. The van der Waals surface area contributed by atoms with Crippen LogP contribution in [0.3, 0.4) is 0 Å². The number of furan rings is 1. The third-order valence-corrected chi connectivity index (χ3v) is 7.37. The van der Waals surface area contributed by atoms with E-state index in [1.165, 1.54) is 33.4 Å². The highest BCUT2D eigenvalue weighted by molar-refractivity contribution is 6.09. The summed E-state index contributed by atoms with van der Waals surface area (Å²) >= 11 is 0. The van der Waals surface area contributed by atoms with Crippen molar-refractivity contribution in [2.45, 2.75) is 40.0 Å². The molecule has 0 fully saturated rings. The van der Waals surface area contributed by atoms with Crippen LogP contribution in [0.5, 0.6) is 0 Å². The molecule has 0 saturated heterocycles. The average molecular weight is 420 g/mol. The quantitative estimate of drug-likeness (QED) is 0.283. The number of rotatable bonds is 1. The Balaban J connectivity index is 1.69. The first kappa shape index (κ1) is 19.2. The molecule has 6 rings (SSSR count). The molecule has 3 nitrogen and oxygen atoms in total. The van der Waals surface area contributed by atoms with Gasteiger partial charge in [0, 0.05) is 33.4 Å². The molecule has 1 aliphatic rings. The van der Waals surface area contributed by atoms with Crippen molar-refractivity contribution in [2.24, 2.45) is 7.05 Å². The molecule has 5 aromatic rings. The maximum absolute atomic E-state index is 6.53. The van der Waals surface area contributed by atoms with Gasteiger partial charge in [-0.2, -0.15) is 0 Å². The summed E-state index contributed by atoms with van der Waals surface area (Å²) < 4.78 is 8.73. The van der Waals surface area contributed by atoms with Gasteiger partial charge in [-0.1, -0.05) is 50.2 Å². The number of nitrogens with zero attached hydrogens (tertiary/aromatic N) is 2. The van der Waals surface area contributed by atoms with Crippen LogP contribution in [-0.2, 0) is 12.5 Å². The highest BCUT2D eigenvalue weighted by Crippen LogP contribution is 2.49. The van der Waals surface area contributed by atoms with E-state index in [0.717, 1.165) is 33.3 Å². The lowest BCUT2D eigenvalue weighted by atomic mass is 9.82. The van der Waals surface area contributed by atoms with Crippen molar-refractivity contribution in [3.8, 4) is 22.5 Å². The minimum absolute atomic E-state index is 0.0786. The topological polar surface area (TPSA) is 29.9 Å². The van der Waals surface area contributed by atoms with Crippen LogP contribution >= 0.6 is 0 Å². The van der Waals surface area contributed by atoms with E-state index >= 15 is 0 Å². The van der Waals surface area contributed by atoms with Crippen molar-refractivity contribution in [3.63, 3.8) is 0 Å². The van der Waals surface area contributed by atoms with E-state index < -0.39 is 0 Å². The van der Waals surface area contributed by atoms with Crippen molar-refractivity contribution >= 4 is 22.1 Å². The van der Waals surface area contributed by atoms with Crippen molar-refractivity contribution in [1.82, 2.24) is 4.98 Å². The highest BCUT2D eigenvalue weighted by Gasteiger charge is 2.37. The van der Waals surface area contributed by atoms with Crippen molar-refractivity contribution < 1.29 is 8.98 Å². The molecule has 158 valence electrons. The second-order valence-corrected chi connectivity index (χ2v) is 9.78. The molecule has 3 heteroatoms. The van der Waals surface area contributed by atoms with E-state index in [4.69, 9.17) is 9.40 Å². The molecule has 0 spiro atoms. The Morgan fingerprint density at radius 2 is 1.62 bits per heavy atom. The van der Waals surface area contributed by atoms with Crippen molar-refractivity contribution in [1.29, 1.82) is 0 Å². The fraction of sp³-hybridized carbons (Fsp3) is 0.241. The van der Waals surface area contributed by atoms with E-state index in [1.54, 1.807) is 0 Å². The van der Waals surface area contributed by atoms with Crippen LogP contribution in [0.15, 0.2) is 59.1 Å². The van der Waals surface area contributed by atoms with Gasteiger partial charge in [0.15, 0.2) is 11.8 Å². The zero-order valence-corrected chi connectivity index (χ0v) is 19.5. The zero-order chi connectivity index (χ0) is 22.4. The SMILES string of the molecule is Cc1cc(-c2c(C)ccc3c2oc2nc4c(cc23)C(C)(C)c2ccccc2-4)[n+](C)cc1C. The van der Waals surface area contributed by atoms with Gasteiger partial charge in [-0.3, -0.25) is 0 Å². The van der Waals surface area contributed by atoms with E-state index in [-0.39, 0.29) is 5.41 Å². The Labute approximate surface area is 188 Å². The smallest absolute Gasteiger partial charge is 0.227 e. The molecule has 3 heterocycles. The lowest BCUT2D eigenvalue weighted by Crippen LogP contribution is -2.31. The van der Waals surface area contributed by atoms with Gasteiger partial charge in [0.2, 0.25) is 11.4 Å². The molecule has 0 saturated carbocycles. The van der Waals surface area contributed by atoms with E-state index in [9.17, 15) is 0 Å². The Morgan fingerprint density at radius 1 is 0.844 bits per heavy atom. The molecular weight excluding hydrogens is 392 g/mol. The highest BCUT2D eigenvalue weighted by atomic mass is 16.3. The minimum atomic E-state index is -0.0786. The van der Waals surface area contributed by atoms with Gasteiger partial charge in [-0.25, -0.2) is 9.55 Å². The van der Waals surface area contributed by atoms with E-state index in [0.29, 0.717) is 5.71 Å². The van der Waals surface area contributed by atoms with Gasteiger partial charge in [0.25, 0.3) is 0 Å². The van der Waals surface area contributed by atoms with Crippen LogP contribution in [-0.4, -0.2) is 4.98 Å². The lowest BCUT2D eigenvalue weighted by molar-refractivity contribution is -0.660. The number of fused-ring (bicyclic) bond motifs is 6. The number of hydrogen-bond donors (Lipinski definition) is 0. The first-order valence-corrected chi connectivity index (χ1v) is 11.2. The summed E-state index contributed by atoms with van der Waals surface area (Å²) in [6.45, 7) is 11.1. The summed E-state index contributed by atoms with van der Waals surface area (Å²) in [7, 11) is 2.11. The molecule has 2 aromatic carbocycles. The standard InChI is InChI=1S/C29H27N2O/c1-16-11-12-19-21-14-23-26(20-9-7-8-10-22(20)29(23,4)5)30-28(21)32-27(19)25(16)24-13-17(2)18(3)15-31(24)6/h7-15H,1-6H3/q+1. The third-order valence-electron chi connectivity index (χ3n) is 7.37. The summed E-state index contributed by atoms with van der Waals surface area (Å²) in [6.07, 6.45) is 2.19. The molecular formula is C29H27N2O+. The van der Waals surface area contributed by atoms with Gasteiger partial charge in [0.1, 0.15) is 7.05 Å². The van der Waals surface area contributed by atoms with Crippen LogP contribution < -0.4 is 4.57 Å². The molecule has 0 atom stereocenters. The maximum atomic E-state index is 6.53. The number of aryl methyl sites for hydroxylation is 4. The first-order valence-electron chi connectivity index (χ1n) is 11.2. The molecule has 3 aromatic heterocycles. The van der Waals surface area contributed by atoms with Crippen molar-refractivity contribution in [3.05, 3.63) is 82.5 Å². The van der Waals surface area contributed by atoms with Gasteiger partial charge in [0.05, 0.1) is 11.3 Å². The Hall–Kier alpha value is -3.46. The zero-order valence-electron chi connectivity index (χ0n) is 19.5. The molecule has 0 N–H and O–H groups in total. The summed E-state index contributed by atoms with van der Waals surface area (Å²) in [5, 5.41) is 2.22. The second-order valence-electron chi connectivity index (χ2n) is 9.78. The molecule has 0 unspecified atom stereocenters. The predicted octanol–water partition coefficient (Wildman–Crippen LogP) is 6.70. The normalized spacial score (nSPS) is 14.2. The predicted molar refractivity (Wildman–Crippen MR) is 130 cm³/mol. The third kappa shape index (κ3) is 2.42. The molecule has 1 aliphatic carbocycles. The Morgan fingerprint density at radius 3 is 2.44 bits per heavy atom. The summed E-state index contributed by atoms with van der Waals surface area (Å²) in [6, 6.07) is 17.6.